The molecular weight excluding hydrogens is 156 g/mol. The van der Waals surface area contributed by atoms with Crippen molar-refractivity contribution in [1.82, 2.24) is 0 Å². The van der Waals surface area contributed by atoms with Crippen molar-refractivity contribution in [3.8, 4) is 0 Å². The van der Waals surface area contributed by atoms with Crippen molar-refractivity contribution in [2.24, 2.45) is 5.92 Å². The summed E-state index contributed by atoms with van der Waals surface area (Å²) >= 11 is 0. The molecule has 0 aromatic heterocycles. The van der Waals surface area contributed by atoms with E-state index in [-0.39, 0.29) is 0 Å². The van der Waals surface area contributed by atoms with Crippen LogP contribution >= 0.6 is 0 Å². The molecule has 0 atom stereocenters. The van der Waals surface area contributed by atoms with Crippen LogP contribution in [0.15, 0.2) is 47.1 Å². The molecule has 2 aliphatic carbocycles. The summed E-state index contributed by atoms with van der Waals surface area (Å²) in [6.07, 6.45) is 13.6. The van der Waals surface area contributed by atoms with E-state index < -0.39 is 0 Å². The molecule has 0 aromatic carbocycles. The molecular formula is C13H16. The van der Waals surface area contributed by atoms with Crippen molar-refractivity contribution in [2.75, 3.05) is 0 Å². The van der Waals surface area contributed by atoms with Gasteiger partial charge >= 0.3 is 0 Å². The maximum atomic E-state index is 2.34. The average molecular weight is 172 g/mol. The number of rotatable bonds is 2. The Morgan fingerprint density at radius 1 is 1.31 bits per heavy atom. The molecule has 0 heterocycles. The third-order valence-electron chi connectivity index (χ3n) is 2.50. The topological polar surface area (TPSA) is 0 Å². The van der Waals surface area contributed by atoms with Gasteiger partial charge in [-0.3, -0.25) is 0 Å². The van der Waals surface area contributed by atoms with Gasteiger partial charge in [0.15, 0.2) is 0 Å². The molecule has 0 aromatic rings. The lowest BCUT2D eigenvalue weighted by Crippen LogP contribution is -1.95. The second kappa shape index (κ2) is 3.37. The predicted octanol–water partition coefficient (Wildman–Crippen LogP) is 3.79. The first kappa shape index (κ1) is 8.55. The van der Waals surface area contributed by atoms with Crippen LogP contribution in [0.4, 0.5) is 0 Å². The van der Waals surface area contributed by atoms with Crippen molar-refractivity contribution in [3.63, 3.8) is 0 Å². The van der Waals surface area contributed by atoms with Gasteiger partial charge in [-0.2, -0.15) is 0 Å². The van der Waals surface area contributed by atoms with Crippen LogP contribution in [0.1, 0.15) is 26.7 Å². The Labute approximate surface area is 80.3 Å². The molecule has 13 heavy (non-hydrogen) atoms. The third kappa shape index (κ3) is 1.67. The summed E-state index contributed by atoms with van der Waals surface area (Å²) in [4.78, 5) is 0. The third-order valence-corrected chi connectivity index (χ3v) is 2.50. The van der Waals surface area contributed by atoms with E-state index in [1.54, 1.807) is 0 Å². The fourth-order valence-corrected chi connectivity index (χ4v) is 1.95. The molecule has 0 unspecified atom stereocenters. The Bertz CT molecular complexity index is 322. The molecule has 0 radical (unpaired) electrons. The second-order valence-electron chi connectivity index (χ2n) is 4.17. The summed E-state index contributed by atoms with van der Waals surface area (Å²) < 4.78 is 0. The standard InChI is InChI=1S/C13H16/c1-10(2)9-12-8-7-11-5-3-4-6-13(11)12/h3,5-8,10H,4,9H2,1-2H3. The molecule has 0 bridgehead atoms. The molecule has 2 rings (SSSR count). The van der Waals surface area contributed by atoms with E-state index in [1.807, 2.05) is 0 Å². The minimum absolute atomic E-state index is 0.755. The van der Waals surface area contributed by atoms with Crippen molar-refractivity contribution in [3.05, 3.63) is 47.1 Å². The Kier molecular flexibility index (Phi) is 2.22. The zero-order valence-corrected chi connectivity index (χ0v) is 8.38. The quantitative estimate of drug-likeness (QED) is 0.594. The Morgan fingerprint density at radius 3 is 2.92 bits per heavy atom. The fraction of sp³-hybridized carbons (Fsp3) is 0.385. The maximum absolute atomic E-state index is 2.34. The SMILES string of the molecule is CC(C)CC1=CC=C2C=CCC=C21. The van der Waals surface area contributed by atoms with E-state index in [4.69, 9.17) is 0 Å². The van der Waals surface area contributed by atoms with Crippen LogP contribution in [0.3, 0.4) is 0 Å². The molecule has 0 spiro atoms. The summed E-state index contributed by atoms with van der Waals surface area (Å²) in [6, 6.07) is 0. The first-order chi connectivity index (χ1) is 6.27. The lowest BCUT2D eigenvalue weighted by atomic mass is 9.92. The van der Waals surface area contributed by atoms with Gasteiger partial charge in [-0.05, 0) is 35.5 Å². The molecule has 0 nitrogen and oxygen atoms in total. The molecule has 2 aliphatic rings. The van der Waals surface area contributed by atoms with Crippen molar-refractivity contribution < 1.29 is 0 Å². The molecule has 0 N–H and O–H groups in total. The van der Waals surface area contributed by atoms with Crippen LogP contribution < -0.4 is 0 Å². The molecule has 68 valence electrons. The minimum Gasteiger partial charge on any atom is -0.0801 e. The first-order valence-corrected chi connectivity index (χ1v) is 5.05. The van der Waals surface area contributed by atoms with E-state index in [9.17, 15) is 0 Å². The summed E-state index contributed by atoms with van der Waals surface area (Å²) in [7, 11) is 0. The van der Waals surface area contributed by atoms with Crippen LogP contribution in [0.5, 0.6) is 0 Å². The van der Waals surface area contributed by atoms with Gasteiger partial charge in [0, 0.05) is 0 Å². The van der Waals surface area contributed by atoms with Gasteiger partial charge in [-0.25, -0.2) is 0 Å². The second-order valence-corrected chi connectivity index (χ2v) is 4.17. The zero-order valence-electron chi connectivity index (χ0n) is 8.38. The predicted molar refractivity (Wildman–Crippen MR) is 57.5 cm³/mol. The van der Waals surface area contributed by atoms with Crippen LogP contribution in [0, 0.1) is 5.92 Å². The molecule has 0 heteroatoms. The van der Waals surface area contributed by atoms with Gasteiger partial charge in [0.1, 0.15) is 0 Å². The molecule has 0 saturated heterocycles. The highest BCUT2D eigenvalue weighted by Crippen LogP contribution is 2.33. The van der Waals surface area contributed by atoms with E-state index in [2.05, 4.69) is 44.2 Å². The van der Waals surface area contributed by atoms with Crippen molar-refractivity contribution >= 4 is 0 Å². The first-order valence-electron chi connectivity index (χ1n) is 5.05. The van der Waals surface area contributed by atoms with Gasteiger partial charge < -0.3 is 0 Å². The van der Waals surface area contributed by atoms with Crippen LogP contribution in [0.2, 0.25) is 0 Å². The fourth-order valence-electron chi connectivity index (χ4n) is 1.95. The number of hydrogen-bond acceptors (Lipinski definition) is 0. The van der Waals surface area contributed by atoms with E-state index in [1.165, 1.54) is 23.1 Å². The average Bonchev–Trinajstić information content (AvgIpc) is 2.48. The Morgan fingerprint density at radius 2 is 2.15 bits per heavy atom. The summed E-state index contributed by atoms with van der Waals surface area (Å²) in [5.74, 6) is 0.755. The van der Waals surface area contributed by atoms with E-state index in [0.29, 0.717) is 0 Å². The summed E-state index contributed by atoms with van der Waals surface area (Å²) in [5.41, 5.74) is 4.41. The largest absolute Gasteiger partial charge is 0.0801 e. The summed E-state index contributed by atoms with van der Waals surface area (Å²) in [5, 5.41) is 0. The van der Waals surface area contributed by atoms with Gasteiger partial charge in [0.25, 0.3) is 0 Å². The molecule has 0 saturated carbocycles. The van der Waals surface area contributed by atoms with Crippen LogP contribution in [0.25, 0.3) is 0 Å². The summed E-state index contributed by atoms with van der Waals surface area (Å²) in [6.45, 7) is 4.55. The highest BCUT2D eigenvalue weighted by Gasteiger charge is 2.15. The number of hydrogen-bond donors (Lipinski definition) is 0. The van der Waals surface area contributed by atoms with Gasteiger partial charge in [0.05, 0.1) is 0 Å². The molecule has 0 amide bonds. The Hall–Kier alpha value is -1.04. The lowest BCUT2D eigenvalue weighted by Gasteiger charge is -2.12. The van der Waals surface area contributed by atoms with E-state index >= 15 is 0 Å². The maximum Gasteiger partial charge on any atom is -0.0157 e. The highest BCUT2D eigenvalue weighted by atomic mass is 14.2. The minimum atomic E-state index is 0.755. The van der Waals surface area contributed by atoms with Gasteiger partial charge in [-0.15, -0.1) is 0 Å². The normalized spacial score (nSPS) is 19.8. The lowest BCUT2D eigenvalue weighted by molar-refractivity contribution is 0.647. The molecule has 0 aliphatic heterocycles. The monoisotopic (exact) mass is 172 g/mol. The van der Waals surface area contributed by atoms with Gasteiger partial charge in [-0.1, -0.05) is 44.2 Å². The van der Waals surface area contributed by atoms with Crippen LogP contribution in [-0.2, 0) is 0 Å². The van der Waals surface area contributed by atoms with Crippen molar-refractivity contribution in [1.29, 1.82) is 0 Å². The zero-order chi connectivity index (χ0) is 9.26. The molecule has 0 fully saturated rings. The smallest absolute Gasteiger partial charge is 0.0157 e. The Balaban J connectivity index is 2.16. The highest BCUT2D eigenvalue weighted by molar-refractivity contribution is 5.60. The van der Waals surface area contributed by atoms with E-state index in [0.717, 1.165) is 12.3 Å². The number of fused-ring (bicyclic) bond motifs is 1. The number of allylic oxidation sites excluding steroid dienone is 8. The van der Waals surface area contributed by atoms with Gasteiger partial charge in [0.2, 0.25) is 0 Å². The van der Waals surface area contributed by atoms with Crippen molar-refractivity contribution in [2.45, 2.75) is 26.7 Å². The van der Waals surface area contributed by atoms with Crippen LogP contribution in [-0.4, -0.2) is 0 Å².